The fraction of sp³-hybridized carbons (Fsp3) is 0.613. The normalized spacial score (nSPS) is 25.7. The van der Waals surface area contributed by atoms with Gasteiger partial charge in [-0.15, -0.1) is 0 Å². The number of fused-ring (bicyclic) bond motifs is 1. The van der Waals surface area contributed by atoms with Crippen LogP contribution in [0.25, 0.3) is 11.6 Å². The Kier molecular flexibility index (Phi) is 8.45. The van der Waals surface area contributed by atoms with Crippen LogP contribution in [-0.2, 0) is 18.0 Å². The van der Waals surface area contributed by atoms with Gasteiger partial charge in [-0.1, -0.05) is 92.6 Å². The van der Waals surface area contributed by atoms with Gasteiger partial charge in [-0.2, -0.15) is 0 Å². The molecule has 1 aromatic carbocycles. The van der Waals surface area contributed by atoms with Crippen LogP contribution in [0.15, 0.2) is 46.1 Å². The summed E-state index contributed by atoms with van der Waals surface area (Å²) >= 11 is 0. The van der Waals surface area contributed by atoms with Crippen LogP contribution in [0.2, 0.25) is 28.2 Å². The molecule has 0 spiro atoms. The van der Waals surface area contributed by atoms with Gasteiger partial charge < -0.3 is 23.0 Å². The monoisotopic (exact) mass is 600 g/mol. The van der Waals surface area contributed by atoms with Crippen LogP contribution in [0.5, 0.6) is 0 Å². The predicted molar refractivity (Wildman–Crippen MR) is 169 cm³/mol. The van der Waals surface area contributed by atoms with Gasteiger partial charge in [0.05, 0.1) is 12.2 Å². The Balaban J connectivity index is 1.91. The van der Waals surface area contributed by atoms with Gasteiger partial charge in [-0.05, 0) is 35.3 Å². The van der Waals surface area contributed by atoms with Crippen LogP contribution in [0.4, 0.5) is 0 Å². The number of rotatable bonds is 5. The summed E-state index contributed by atoms with van der Waals surface area (Å²) < 4.78 is 28.0. The van der Waals surface area contributed by atoms with Gasteiger partial charge in [0.2, 0.25) is 0 Å². The van der Waals surface area contributed by atoms with Crippen molar-refractivity contribution in [2.24, 2.45) is 0 Å². The number of hydrogen-bond acceptors (Lipinski definition) is 6. The van der Waals surface area contributed by atoms with E-state index in [0.29, 0.717) is 17.7 Å². The van der Waals surface area contributed by atoms with E-state index in [1.165, 1.54) is 6.20 Å². The minimum atomic E-state index is -2.85. The molecule has 0 unspecified atom stereocenters. The minimum absolute atomic E-state index is 0.0673. The highest BCUT2D eigenvalue weighted by Crippen LogP contribution is 2.56. The van der Waals surface area contributed by atoms with Gasteiger partial charge in [0, 0.05) is 16.3 Å². The maximum Gasteiger partial charge on any atom is 0.349 e. The van der Waals surface area contributed by atoms with Gasteiger partial charge in [0.15, 0.2) is 8.32 Å². The Bertz CT molecular complexity index is 1360. The van der Waals surface area contributed by atoms with E-state index in [9.17, 15) is 9.59 Å². The summed E-state index contributed by atoms with van der Waals surface area (Å²) in [6, 6.07) is 9.79. The first kappa shape index (κ1) is 31.8. The highest BCUT2D eigenvalue weighted by atomic mass is 28.4. The molecule has 0 aliphatic carbocycles. The largest absolute Gasteiger partial charge is 0.408 e. The first-order valence-corrected chi connectivity index (χ1v) is 19.2. The van der Waals surface area contributed by atoms with Gasteiger partial charge in [-0.25, -0.2) is 4.79 Å². The Morgan fingerprint density at radius 3 is 2.15 bits per heavy atom. The summed E-state index contributed by atoms with van der Waals surface area (Å²) in [5, 5.41) is -0.495. The van der Waals surface area contributed by atoms with Crippen molar-refractivity contribution in [1.82, 2.24) is 9.97 Å². The molecule has 4 atom stereocenters. The average molecular weight is 601 g/mol. The summed E-state index contributed by atoms with van der Waals surface area (Å²) in [5.74, 6) is 0. The Hall–Kier alpha value is -2.09. The summed E-state index contributed by atoms with van der Waals surface area (Å²) in [4.78, 5) is 30.2. The van der Waals surface area contributed by atoms with E-state index in [2.05, 4.69) is 85.4 Å². The van der Waals surface area contributed by atoms with Crippen molar-refractivity contribution in [3.8, 4) is 0 Å². The van der Waals surface area contributed by atoms with Crippen molar-refractivity contribution in [3.63, 3.8) is 0 Å². The Labute approximate surface area is 246 Å². The number of benzene rings is 1. The molecule has 2 aliphatic heterocycles. The number of hydrogen-bond donors (Lipinski definition) is 2. The molecule has 0 amide bonds. The molecule has 2 N–H and O–H groups in total. The fourth-order valence-electron chi connectivity index (χ4n) is 5.90. The van der Waals surface area contributed by atoms with E-state index >= 15 is 0 Å². The van der Waals surface area contributed by atoms with Crippen LogP contribution in [0.1, 0.15) is 73.4 Å². The van der Waals surface area contributed by atoms with E-state index < -0.39 is 40.3 Å². The second-order valence-corrected chi connectivity index (χ2v) is 24.5. The van der Waals surface area contributed by atoms with Crippen LogP contribution >= 0.6 is 0 Å². The number of nitrogens with one attached hydrogen (secondary N) is 2. The van der Waals surface area contributed by atoms with Crippen LogP contribution in [-0.4, -0.2) is 57.9 Å². The molecule has 3 heterocycles. The highest BCUT2D eigenvalue weighted by molar-refractivity contribution is 6.74. The molecule has 0 radical (unpaired) electrons. The summed E-state index contributed by atoms with van der Waals surface area (Å²) in [7, 11) is -5.19. The van der Waals surface area contributed by atoms with E-state index in [0.717, 1.165) is 5.56 Å². The summed E-state index contributed by atoms with van der Waals surface area (Å²) in [5.41, 5.74) is 0.829. The first-order chi connectivity index (χ1) is 18.8. The van der Waals surface area contributed by atoms with E-state index in [1.807, 2.05) is 36.4 Å². The number of H-pyrrole nitrogens is 2. The molecule has 2 fully saturated rings. The number of aromatic nitrogens is 2. The third-order valence-electron chi connectivity index (χ3n) is 8.83. The molecule has 0 bridgehead atoms. The van der Waals surface area contributed by atoms with Crippen molar-refractivity contribution in [2.45, 2.75) is 115 Å². The topological polar surface area (TPSA) is 103 Å². The lowest BCUT2D eigenvalue weighted by atomic mass is 9.95. The van der Waals surface area contributed by atoms with Gasteiger partial charge in [0.25, 0.3) is 5.56 Å². The molecule has 2 aromatic rings. The van der Waals surface area contributed by atoms with Crippen molar-refractivity contribution in [1.29, 1.82) is 0 Å². The lowest BCUT2D eigenvalue weighted by Crippen LogP contribution is -2.66. The number of ether oxygens (including phenoxy) is 1. The molecule has 41 heavy (non-hydrogen) atoms. The summed E-state index contributed by atoms with van der Waals surface area (Å²) in [6.07, 6.45) is 1.55. The van der Waals surface area contributed by atoms with E-state index in [-0.39, 0.29) is 27.3 Å². The predicted octanol–water partition coefficient (Wildman–Crippen LogP) is 6.22. The van der Waals surface area contributed by atoms with E-state index in [4.69, 9.17) is 18.0 Å². The molecule has 1 aromatic heterocycles. The second kappa shape index (κ2) is 10.9. The summed E-state index contributed by atoms with van der Waals surface area (Å²) in [6.45, 7) is 24.7. The third-order valence-corrected chi connectivity index (χ3v) is 18.4. The lowest BCUT2D eigenvalue weighted by Gasteiger charge is -2.54. The smallest absolute Gasteiger partial charge is 0.349 e. The van der Waals surface area contributed by atoms with Crippen LogP contribution in [0, 0.1) is 0 Å². The minimum Gasteiger partial charge on any atom is -0.408 e. The zero-order chi connectivity index (χ0) is 30.6. The SMILES string of the molecule is CC(C)(C)[Si](C)(C)O[C@H]1[C@@H]2O[Si](C(C)(C)C)(C(C)(C)C)OC[C@H]2O[C@@H]1C(=Cc1ccccc1)c1c[nH]c(=O)[nH]c1=O. The van der Waals surface area contributed by atoms with E-state index in [1.54, 1.807) is 0 Å². The lowest BCUT2D eigenvalue weighted by molar-refractivity contribution is -0.0681. The van der Waals surface area contributed by atoms with Crippen LogP contribution in [0.3, 0.4) is 0 Å². The van der Waals surface area contributed by atoms with Gasteiger partial charge >= 0.3 is 14.3 Å². The van der Waals surface area contributed by atoms with Gasteiger partial charge in [-0.3, -0.25) is 9.78 Å². The maximum atomic E-state index is 13.2. The van der Waals surface area contributed by atoms with Crippen LogP contribution < -0.4 is 11.2 Å². The zero-order valence-electron chi connectivity index (χ0n) is 26.5. The van der Waals surface area contributed by atoms with Crippen molar-refractivity contribution in [2.75, 3.05) is 6.61 Å². The molecule has 8 nitrogen and oxygen atoms in total. The molecule has 0 saturated carbocycles. The maximum absolute atomic E-state index is 13.2. The average Bonchev–Trinajstić information content (AvgIpc) is 3.18. The molecular formula is C31H48N2O6Si2. The molecule has 4 rings (SSSR count). The van der Waals surface area contributed by atoms with Crippen molar-refractivity contribution in [3.05, 3.63) is 68.5 Å². The van der Waals surface area contributed by atoms with Crippen molar-refractivity contribution >= 4 is 28.5 Å². The molecule has 2 saturated heterocycles. The molecule has 226 valence electrons. The Morgan fingerprint density at radius 2 is 1.61 bits per heavy atom. The first-order valence-electron chi connectivity index (χ1n) is 14.5. The third kappa shape index (κ3) is 6.05. The number of aromatic amines is 2. The molecule has 10 heteroatoms. The quantitative estimate of drug-likeness (QED) is 0.395. The zero-order valence-corrected chi connectivity index (χ0v) is 28.5. The molecule has 2 aliphatic rings. The molecular weight excluding hydrogens is 553 g/mol. The van der Waals surface area contributed by atoms with Crippen molar-refractivity contribution < 1.29 is 18.0 Å². The second-order valence-electron chi connectivity index (χ2n) is 14.9. The fourth-order valence-corrected chi connectivity index (χ4v) is 12.2. The Morgan fingerprint density at radius 1 is 1.00 bits per heavy atom. The van der Waals surface area contributed by atoms with Gasteiger partial charge in [0.1, 0.15) is 24.4 Å². The standard InChI is InChI=1S/C31H48N2O6Si2/c1-29(2,3)40(10,11)38-26-24(37-23-19-36-41(30(4,5)6,31(7,8)9)39-25(23)26)21(17-20-15-13-12-14-16-20)22-18-32-28(35)33-27(22)34/h12-18,23-26H,19H2,1-11H3,(H2,32,33,34,35)/t23-,24-,25-,26-/m1/s1. The highest BCUT2D eigenvalue weighted by Gasteiger charge is 2.65.